The molecule has 6 nitrogen and oxygen atoms in total. The maximum atomic E-state index is 13.0. The monoisotopic (exact) mass is 328 g/mol. The average Bonchev–Trinajstić information content (AvgIpc) is 2.80. The normalized spacial score (nSPS) is 18.8. The molecule has 0 aliphatic carbocycles. The highest BCUT2D eigenvalue weighted by molar-refractivity contribution is 7.87. The van der Waals surface area contributed by atoms with E-state index in [1.165, 1.54) is 17.0 Å². The number of benzene rings is 1. The zero-order chi connectivity index (χ0) is 16.5. The summed E-state index contributed by atoms with van der Waals surface area (Å²) in [5, 5.41) is 1.41. The van der Waals surface area contributed by atoms with Gasteiger partial charge in [-0.2, -0.15) is 8.42 Å². The molecular weight excluding hydrogens is 311 g/mol. The van der Waals surface area contributed by atoms with Crippen LogP contribution in [0.4, 0.5) is 9.57 Å². The minimum atomic E-state index is -4.74. The van der Waals surface area contributed by atoms with E-state index in [1.807, 2.05) is 13.8 Å². The molecule has 2 amide bonds. The van der Waals surface area contributed by atoms with Gasteiger partial charge in [0.2, 0.25) is 5.91 Å². The van der Waals surface area contributed by atoms with Crippen molar-refractivity contribution in [2.75, 3.05) is 11.4 Å². The van der Waals surface area contributed by atoms with Gasteiger partial charge in [-0.15, -0.1) is 3.89 Å². The number of carbonyl (C=O) groups is 2. The van der Waals surface area contributed by atoms with Gasteiger partial charge in [0.05, 0.1) is 0 Å². The van der Waals surface area contributed by atoms with Gasteiger partial charge in [0, 0.05) is 30.3 Å². The van der Waals surface area contributed by atoms with Gasteiger partial charge in [-0.3, -0.25) is 9.59 Å². The van der Waals surface area contributed by atoms with Crippen LogP contribution in [0, 0.1) is 0 Å². The van der Waals surface area contributed by atoms with Gasteiger partial charge in [-0.1, -0.05) is 0 Å². The number of amides is 2. The molecule has 1 aromatic rings. The molecule has 0 saturated carbocycles. The van der Waals surface area contributed by atoms with E-state index in [-0.39, 0.29) is 24.9 Å². The zero-order valence-corrected chi connectivity index (χ0v) is 13.1. The summed E-state index contributed by atoms with van der Waals surface area (Å²) in [4.78, 5) is 24.8. The fraction of sp³-hybridized carbons (Fsp3) is 0.429. The Morgan fingerprint density at radius 3 is 2.36 bits per heavy atom. The molecule has 1 aliphatic rings. The first kappa shape index (κ1) is 16.4. The number of anilines is 1. The van der Waals surface area contributed by atoms with Crippen molar-refractivity contribution in [2.45, 2.75) is 31.6 Å². The van der Waals surface area contributed by atoms with Crippen molar-refractivity contribution in [3.63, 3.8) is 0 Å². The van der Waals surface area contributed by atoms with Crippen LogP contribution >= 0.6 is 0 Å². The number of hydrogen-bond acceptors (Lipinski definition) is 4. The van der Waals surface area contributed by atoms with Crippen molar-refractivity contribution in [1.82, 2.24) is 5.32 Å². The third kappa shape index (κ3) is 3.62. The maximum absolute atomic E-state index is 13.0. The van der Waals surface area contributed by atoms with Crippen LogP contribution in [0.15, 0.2) is 24.3 Å². The fourth-order valence-corrected chi connectivity index (χ4v) is 2.92. The number of rotatable bonds is 4. The van der Waals surface area contributed by atoms with Crippen molar-refractivity contribution in [3.05, 3.63) is 29.8 Å². The van der Waals surface area contributed by atoms with E-state index >= 15 is 0 Å². The SMILES string of the molecule is CC(C)NC(=O)c1ccc(N2CC(S(=O)(=O)F)CC2=O)cc1. The second kappa shape index (κ2) is 6.04. The predicted octanol–water partition coefficient (Wildman–Crippen LogP) is 1.23. The van der Waals surface area contributed by atoms with E-state index in [9.17, 15) is 21.9 Å². The topological polar surface area (TPSA) is 83.6 Å². The number of halogens is 1. The molecule has 1 unspecified atom stereocenters. The lowest BCUT2D eigenvalue weighted by molar-refractivity contribution is -0.117. The molecular formula is C14H17FN2O4S. The molecule has 1 N–H and O–H groups in total. The average molecular weight is 328 g/mol. The van der Waals surface area contributed by atoms with Gasteiger partial charge in [0.1, 0.15) is 5.25 Å². The first-order chi connectivity index (χ1) is 10.2. The Bertz CT molecular complexity index is 685. The molecule has 1 saturated heterocycles. The standard InChI is InChI=1S/C14H17FN2O4S/c1-9(2)16-14(19)10-3-5-11(6-4-10)17-8-12(7-13(17)18)22(15,20)21/h3-6,9,12H,7-8H2,1-2H3,(H,16,19). The van der Waals surface area contributed by atoms with Gasteiger partial charge in [0.15, 0.2) is 0 Å². The van der Waals surface area contributed by atoms with E-state index in [2.05, 4.69) is 5.32 Å². The highest BCUT2D eigenvalue weighted by Crippen LogP contribution is 2.26. The van der Waals surface area contributed by atoms with E-state index in [1.54, 1.807) is 12.1 Å². The Labute approximate surface area is 128 Å². The van der Waals surface area contributed by atoms with Gasteiger partial charge in [0.25, 0.3) is 5.91 Å². The Hall–Kier alpha value is -1.96. The van der Waals surface area contributed by atoms with Gasteiger partial charge in [-0.25, -0.2) is 0 Å². The van der Waals surface area contributed by atoms with Crippen LogP contribution in [0.25, 0.3) is 0 Å². The summed E-state index contributed by atoms with van der Waals surface area (Å²) >= 11 is 0. The smallest absolute Gasteiger partial charge is 0.307 e. The molecule has 0 bridgehead atoms. The number of carbonyl (C=O) groups excluding carboxylic acids is 2. The molecule has 1 aliphatic heterocycles. The molecule has 1 atom stereocenters. The van der Waals surface area contributed by atoms with Crippen molar-refractivity contribution in [1.29, 1.82) is 0 Å². The summed E-state index contributed by atoms with van der Waals surface area (Å²) in [6.45, 7) is 3.47. The molecule has 120 valence electrons. The summed E-state index contributed by atoms with van der Waals surface area (Å²) in [6.07, 6.45) is -0.367. The van der Waals surface area contributed by atoms with Crippen molar-refractivity contribution >= 4 is 27.7 Å². The summed E-state index contributed by atoms with van der Waals surface area (Å²) in [5.41, 5.74) is 0.871. The van der Waals surface area contributed by atoms with Gasteiger partial charge < -0.3 is 10.2 Å². The summed E-state index contributed by atoms with van der Waals surface area (Å²) in [7, 11) is -4.74. The first-order valence-electron chi connectivity index (χ1n) is 6.83. The highest BCUT2D eigenvalue weighted by atomic mass is 32.3. The molecule has 2 rings (SSSR count). The third-order valence-electron chi connectivity index (χ3n) is 3.35. The molecule has 0 spiro atoms. The molecule has 1 fully saturated rings. The quantitative estimate of drug-likeness (QED) is 0.843. The molecule has 0 aromatic heterocycles. The van der Waals surface area contributed by atoms with Crippen LogP contribution in [-0.4, -0.2) is 38.1 Å². The minimum Gasteiger partial charge on any atom is -0.350 e. The lowest BCUT2D eigenvalue weighted by atomic mass is 10.1. The van der Waals surface area contributed by atoms with Crippen LogP contribution in [-0.2, 0) is 15.0 Å². The first-order valence-corrected chi connectivity index (χ1v) is 8.28. The fourth-order valence-electron chi connectivity index (χ4n) is 2.25. The summed E-state index contributed by atoms with van der Waals surface area (Å²) in [5.74, 6) is -0.691. The molecule has 1 heterocycles. The van der Waals surface area contributed by atoms with Crippen molar-refractivity contribution in [2.24, 2.45) is 0 Å². The van der Waals surface area contributed by atoms with Crippen LogP contribution in [0.5, 0.6) is 0 Å². The molecule has 22 heavy (non-hydrogen) atoms. The Kier molecular flexibility index (Phi) is 4.50. The van der Waals surface area contributed by atoms with Crippen LogP contribution in [0.2, 0.25) is 0 Å². The minimum absolute atomic E-state index is 0.00264. The highest BCUT2D eigenvalue weighted by Gasteiger charge is 2.39. The summed E-state index contributed by atoms with van der Waals surface area (Å²) in [6, 6.07) is 6.17. The van der Waals surface area contributed by atoms with Crippen LogP contribution in [0.3, 0.4) is 0 Å². The second-order valence-corrected chi connectivity index (χ2v) is 7.10. The molecule has 1 aromatic carbocycles. The Morgan fingerprint density at radius 1 is 1.32 bits per heavy atom. The van der Waals surface area contributed by atoms with E-state index in [0.29, 0.717) is 11.3 Å². The van der Waals surface area contributed by atoms with Crippen LogP contribution < -0.4 is 10.2 Å². The van der Waals surface area contributed by atoms with Crippen molar-refractivity contribution in [3.8, 4) is 0 Å². The zero-order valence-electron chi connectivity index (χ0n) is 12.2. The number of hydrogen-bond donors (Lipinski definition) is 1. The Morgan fingerprint density at radius 2 is 1.91 bits per heavy atom. The van der Waals surface area contributed by atoms with Crippen LogP contribution in [0.1, 0.15) is 30.6 Å². The molecule has 8 heteroatoms. The number of nitrogens with one attached hydrogen (secondary N) is 1. The maximum Gasteiger partial charge on any atom is 0.307 e. The largest absolute Gasteiger partial charge is 0.350 e. The second-order valence-electron chi connectivity index (χ2n) is 5.48. The summed E-state index contributed by atoms with van der Waals surface area (Å²) < 4.78 is 34.8. The van der Waals surface area contributed by atoms with Gasteiger partial charge >= 0.3 is 10.2 Å². The van der Waals surface area contributed by atoms with E-state index < -0.39 is 21.4 Å². The Balaban J connectivity index is 2.14. The molecule has 0 radical (unpaired) electrons. The van der Waals surface area contributed by atoms with Gasteiger partial charge in [-0.05, 0) is 38.1 Å². The van der Waals surface area contributed by atoms with Crippen molar-refractivity contribution < 1.29 is 21.9 Å². The lowest BCUT2D eigenvalue weighted by Gasteiger charge is -2.16. The van der Waals surface area contributed by atoms with E-state index in [0.717, 1.165) is 0 Å². The third-order valence-corrected chi connectivity index (χ3v) is 4.46. The van der Waals surface area contributed by atoms with E-state index in [4.69, 9.17) is 0 Å². The number of nitrogens with zero attached hydrogens (tertiary/aromatic N) is 1. The predicted molar refractivity (Wildman–Crippen MR) is 79.8 cm³/mol. The lowest BCUT2D eigenvalue weighted by Crippen LogP contribution is -2.30.